The standard InChI is InChI=1S/C16H15ClN2O3/c17-12-5-3-11(4-6-12)16(22)18-9-1-2-15(21)14-8-7-13(20)10-19-14/h3-8,10,20H,1-2,9H2,(H,18,22). The van der Waals surface area contributed by atoms with Gasteiger partial charge in [-0.25, -0.2) is 4.98 Å². The van der Waals surface area contributed by atoms with Crippen molar-refractivity contribution in [2.45, 2.75) is 12.8 Å². The third kappa shape index (κ3) is 4.56. The summed E-state index contributed by atoms with van der Waals surface area (Å²) in [5.74, 6) is -0.306. The number of aromatic nitrogens is 1. The average Bonchev–Trinajstić information content (AvgIpc) is 2.52. The normalized spacial score (nSPS) is 10.2. The number of carbonyl (C=O) groups is 2. The highest BCUT2D eigenvalue weighted by Gasteiger charge is 2.08. The van der Waals surface area contributed by atoms with Gasteiger partial charge in [0.15, 0.2) is 5.78 Å². The van der Waals surface area contributed by atoms with Crippen LogP contribution < -0.4 is 5.32 Å². The molecule has 0 saturated carbocycles. The van der Waals surface area contributed by atoms with E-state index >= 15 is 0 Å². The summed E-state index contributed by atoms with van der Waals surface area (Å²) in [6, 6.07) is 9.48. The minimum Gasteiger partial charge on any atom is -0.506 e. The molecule has 0 atom stereocenters. The number of benzene rings is 1. The first-order chi connectivity index (χ1) is 10.6. The van der Waals surface area contributed by atoms with Crippen LogP contribution in [0.25, 0.3) is 0 Å². The lowest BCUT2D eigenvalue weighted by Crippen LogP contribution is -2.24. The zero-order chi connectivity index (χ0) is 15.9. The van der Waals surface area contributed by atoms with E-state index in [1.54, 1.807) is 24.3 Å². The Hall–Kier alpha value is -2.40. The van der Waals surface area contributed by atoms with E-state index in [2.05, 4.69) is 10.3 Å². The van der Waals surface area contributed by atoms with Crippen LogP contribution in [0.4, 0.5) is 0 Å². The highest BCUT2D eigenvalue weighted by atomic mass is 35.5. The molecule has 0 aliphatic carbocycles. The fraction of sp³-hybridized carbons (Fsp3) is 0.188. The number of amides is 1. The number of hydrogen-bond acceptors (Lipinski definition) is 4. The van der Waals surface area contributed by atoms with Gasteiger partial charge in [0.1, 0.15) is 11.4 Å². The highest BCUT2D eigenvalue weighted by Crippen LogP contribution is 2.10. The van der Waals surface area contributed by atoms with Gasteiger partial charge in [-0.15, -0.1) is 0 Å². The predicted molar refractivity (Wildman–Crippen MR) is 83.3 cm³/mol. The molecule has 22 heavy (non-hydrogen) atoms. The van der Waals surface area contributed by atoms with Crippen LogP contribution in [-0.2, 0) is 0 Å². The molecule has 0 radical (unpaired) electrons. The molecule has 0 bridgehead atoms. The number of rotatable bonds is 6. The van der Waals surface area contributed by atoms with Crippen molar-refractivity contribution < 1.29 is 14.7 Å². The molecule has 6 heteroatoms. The lowest BCUT2D eigenvalue weighted by molar-refractivity contribution is 0.0936. The van der Waals surface area contributed by atoms with E-state index in [4.69, 9.17) is 16.7 Å². The first-order valence-corrected chi connectivity index (χ1v) is 7.16. The summed E-state index contributed by atoms with van der Waals surface area (Å²) in [5.41, 5.74) is 0.831. The van der Waals surface area contributed by atoms with Crippen LogP contribution in [0.3, 0.4) is 0 Å². The molecular weight excluding hydrogens is 304 g/mol. The number of carbonyl (C=O) groups excluding carboxylic acids is 2. The number of aromatic hydroxyl groups is 1. The zero-order valence-corrected chi connectivity index (χ0v) is 12.5. The van der Waals surface area contributed by atoms with Gasteiger partial charge in [0.25, 0.3) is 5.91 Å². The smallest absolute Gasteiger partial charge is 0.251 e. The summed E-state index contributed by atoms with van der Waals surface area (Å²) < 4.78 is 0. The van der Waals surface area contributed by atoms with E-state index in [0.717, 1.165) is 0 Å². The molecule has 5 nitrogen and oxygen atoms in total. The van der Waals surface area contributed by atoms with Gasteiger partial charge in [0.05, 0.1) is 6.20 Å². The summed E-state index contributed by atoms with van der Waals surface area (Å²) in [7, 11) is 0. The molecule has 0 fully saturated rings. The van der Waals surface area contributed by atoms with Crippen LogP contribution in [0, 0.1) is 0 Å². The van der Waals surface area contributed by atoms with Crippen LogP contribution in [0.5, 0.6) is 5.75 Å². The van der Waals surface area contributed by atoms with Gasteiger partial charge in [-0.1, -0.05) is 11.6 Å². The Morgan fingerprint density at radius 2 is 1.86 bits per heavy atom. The molecule has 0 aliphatic heterocycles. The zero-order valence-electron chi connectivity index (χ0n) is 11.8. The van der Waals surface area contributed by atoms with Crippen LogP contribution in [0.15, 0.2) is 42.6 Å². The Kier molecular flexibility index (Phi) is 5.49. The van der Waals surface area contributed by atoms with Gasteiger partial charge in [0.2, 0.25) is 0 Å². The predicted octanol–water partition coefficient (Wildman–Crippen LogP) is 2.83. The molecule has 1 amide bonds. The Morgan fingerprint density at radius 3 is 2.50 bits per heavy atom. The number of nitrogens with zero attached hydrogens (tertiary/aromatic N) is 1. The molecule has 114 valence electrons. The van der Waals surface area contributed by atoms with Gasteiger partial charge < -0.3 is 10.4 Å². The Balaban J connectivity index is 1.74. The third-order valence-corrected chi connectivity index (χ3v) is 3.26. The number of Topliss-reactive ketones (excluding diaryl/α,β-unsaturated/α-hetero) is 1. The van der Waals surface area contributed by atoms with Crippen LogP contribution in [0.1, 0.15) is 33.7 Å². The number of hydrogen-bond donors (Lipinski definition) is 2. The molecule has 0 aliphatic rings. The van der Waals surface area contributed by atoms with Crippen LogP contribution >= 0.6 is 11.6 Å². The molecule has 1 aromatic carbocycles. The number of ketones is 1. The average molecular weight is 319 g/mol. The van der Waals surface area contributed by atoms with Crippen molar-refractivity contribution in [3.63, 3.8) is 0 Å². The second-order valence-electron chi connectivity index (χ2n) is 4.69. The SMILES string of the molecule is O=C(NCCCC(=O)c1ccc(O)cn1)c1ccc(Cl)cc1. The van der Waals surface area contributed by atoms with Crippen molar-refractivity contribution in [1.29, 1.82) is 0 Å². The van der Waals surface area contributed by atoms with Crippen LogP contribution in [0.2, 0.25) is 5.02 Å². The Morgan fingerprint density at radius 1 is 1.14 bits per heavy atom. The van der Waals surface area contributed by atoms with Gasteiger partial charge in [-0.05, 0) is 42.8 Å². The van der Waals surface area contributed by atoms with Crippen LogP contribution in [-0.4, -0.2) is 28.3 Å². The molecular formula is C16H15ClN2O3. The second-order valence-corrected chi connectivity index (χ2v) is 5.13. The topological polar surface area (TPSA) is 79.3 Å². The highest BCUT2D eigenvalue weighted by molar-refractivity contribution is 6.30. The van der Waals surface area contributed by atoms with E-state index in [0.29, 0.717) is 29.2 Å². The molecule has 0 unspecified atom stereocenters. The monoisotopic (exact) mass is 318 g/mol. The van der Waals surface area contributed by atoms with Gasteiger partial charge in [-0.3, -0.25) is 9.59 Å². The number of nitrogens with one attached hydrogen (secondary N) is 1. The fourth-order valence-corrected chi connectivity index (χ4v) is 1.96. The molecule has 0 spiro atoms. The maximum Gasteiger partial charge on any atom is 0.251 e. The van der Waals surface area contributed by atoms with Gasteiger partial charge in [-0.2, -0.15) is 0 Å². The maximum atomic E-state index is 11.8. The number of pyridine rings is 1. The summed E-state index contributed by atoms with van der Waals surface area (Å²) in [6.45, 7) is 0.394. The molecule has 2 rings (SSSR count). The molecule has 0 saturated heterocycles. The summed E-state index contributed by atoms with van der Waals surface area (Å²) in [6.07, 6.45) is 2.02. The Labute approximate surface area is 133 Å². The van der Waals surface area contributed by atoms with E-state index in [1.807, 2.05) is 0 Å². The largest absolute Gasteiger partial charge is 0.506 e. The molecule has 2 aromatic rings. The lowest BCUT2D eigenvalue weighted by atomic mass is 10.1. The first kappa shape index (κ1) is 16.0. The van der Waals surface area contributed by atoms with Gasteiger partial charge >= 0.3 is 0 Å². The number of halogens is 1. The first-order valence-electron chi connectivity index (χ1n) is 6.78. The van der Waals surface area contributed by atoms with Crippen molar-refractivity contribution >= 4 is 23.3 Å². The summed E-state index contributed by atoms with van der Waals surface area (Å²) in [5, 5.41) is 12.4. The van der Waals surface area contributed by atoms with E-state index in [-0.39, 0.29) is 23.9 Å². The van der Waals surface area contributed by atoms with Crippen molar-refractivity contribution in [1.82, 2.24) is 10.3 Å². The van der Waals surface area contributed by atoms with E-state index < -0.39 is 0 Å². The lowest BCUT2D eigenvalue weighted by Gasteiger charge is -2.05. The van der Waals surface area contributed by atoms with E-state index in [9.17, 15) is 9.59 Å². The van der Waals surface area contributed by atoms with Crippen molar-refractivity contribution in [3.05, 3.63) is 58.9 Å². The van der Waals surface area contributed by atoms with E-state index in [1.165, 1.54) is 18.3 Å². The second kappa shape index (κ2) is 7.56. The van der Waals surface area contributed by atoms with Crippen molar-refractivity contribution in [3.8, 4) is 5.75 Å². The molecule has 1 heterocycles. The summed E-state index contributed by atoms with van der Waals surface area (Å²) >= 11 is 5.76. The maximum absolute atomic E-state index is 11.8. The summed E-state index contributed by atoms with van der Waals surface area (Å²) in [4.78, 5) is 27.5. The third-order valence-electron chi connectivity index (χ3n) is 3.01. The van der Waals surface area contributed by atoms with Gasteiger partial charge in [0, 0.05) is 23.6 Å². The quantitative estimate of drug-likeness (QED) is 0.634. The van der Waals surface area contributed by atoms with Crippen molar-refractivity contribution in [2.24, 2.45) is 0 Å². The minimum absolute atomic E-state index is 0.0202. The molecule has 1 aromatic heterocycles. The molecule has 2 N–H and O–H groups in total. The minimum atomic E-state index is -0.202. The Bertz CT molecular complexity index is 595. The fourth-order valence-electron chi connectivity index (χ4n) is 1.83. The van der Waals surface area contributed by atoms with Crippen molar-refractivity contribution in [2.75, 3.05) is 6.54 Å².